The van der Waals surface area contributed by atoms with Gasteiger partial charge in [-0.05, 0) is 32.4 Å². The summed E-state index contributed by atoms with van der Waals surface area (Å²) in [6.45, 7) is 7.51. The number of aromatic nitrogens is 2. The maximum absolute atomic E-state index is 5.88. The number of ether oxygens (including phenoxy) is 3. The molecule has 0 spiro atoms. The monoisotopic (exact) mass is 371 g/mol. The van der Waals surface area contributed by atoms with E-state index in [1.54, 1.807) is 7.11 Å². The fourth-order valence-electron chi connectivity index (χ4n) is 4.14. The van der Waals surface area contributed by atoms with Crippen molar-refractivity contribution in [1.82, 2.24) is 14.5 Å². The maximum Gasteiger partial charge on any atom is 0.164 e. The number of hydrogen-bond acceptors (Lipinski definition) is 5. The Bertz CT molecular complexity index is 774. The van der Waals surface area contributed by atoms with Gasteiger partial charge >= 0.3 is 0 Å². The first-order valence-electron chi connectivity index (χ1n) is 9.98. The smallest absolute Gasteiger partial charge is 0.164 e. The average Bonchev–Trinajstić information content (AvgIpc) is 3.06. The van der Waals surface area contributed by atoms with E-state index in [-0.39, 0.29) is 0 Å². The van der Waals surface area contributed by atoms with E-state index < -0.39 is 0 Å². The van der Waals surface area contributed by atoms with Gasteiger partial charge in [0.15, 0.2) is 11.5 Å². The van der Waals surface area contributed by atoms with Crippen LogP contribution in [0.1, 0.15) is 43.5 Å². The molecular formula is C21H29N3O3. The number of nitrogens with zero attached hydrogens (tertiary/aromatic N) is 3. The number of piperidine rings is 1. The van der Waals surface area contributed by atoms with Gasteiger partial charge in [0.2, 0.25) is 0 Å². The Labute approximate surface area is 161 Å². The van der Waals surface area contributed by atoms with Crippen molar-refractivity contribution in [3.8, 4) is 17.2 Å². The van der Waals surface area contributed by atoms with Crippen molar-refractivity contribution in [2.45, 2.75) is 45.2 Å². The molecule has 2 aliphatic rings. The average molecular weight is 371 g/mol. The molecule has 6 heteroatoms. The summed E-state index contributed by atoms with van der Waals surface area (Å²) >= 11 is 0. The third-order valence-electron chi connectivity index (χ3n) is 5.50. The zero-order valence-corrected chi connectivity index (χ0v) is 16.3. The van der Waals surface area contributed by atoms with E-state index >= 15 is 0 Å². The van der Waals surface area contributed by atoms with Gasteiger partial charge in [-0.3, -0.25) is 4.90 Å². The van der Waals surface area contributed by atoms with Gasteiger partial charge in [0, 0.05) is 56.0 Å². The second-order valence-corrected chi connectivity index (χ2v) is 7.31. The quantitative estimate of drug-likeness (QED) is 0.806. The van der Waals surface area contributed by atoms with Crippen LogP contribution in [0, 0.1) is 0 Å². The molecule has 6 nitrogen and oxygen atoms in total. The summed E-state index contributed by atoms with van der Waals surface area (Å²) in [5, 5.41) is 0. The standard InChI is InChI=1S/C21H29N3O3/c1-3-24-9-7-22-21(24)16-6-4-8-23(14-16)15-17-12-19-20(13-18(17)25-2)27-11-5-10-26-19/h7,9,12-13,16H,3-6,8,10-11,14-15H2,1-2H3. The Morgan fingerprint density at radius 3 is 2.78 bits per heavy atom. The molecule has 0 saturated carbocycles. The highest BCUT2D eigenvalue weighted by Gasteiger charge is 2.26. The zero-order valence-electron chi connectivity index (χ0n) is 16.3. The van der Waals surface area contributed by atoms with Crippen LogP contribution in [0.15, 0.2) is 24.5 Å². The third-order valence-corrected chi connectivity index (χ3v) is 5.50. The van der Waals surface area contributed by atoms with Crippen molar-refractivity contribution >= 4 is 0 Å². The van der Waals surface area contributed by atoms with Gasteiger partial charge in [-0.25, -0.2) is 4.98 Å². The highest BCUT2D eigenvalue weighted by atomic mass is 16.5. The van der Waals surface area contributed by atoms with Crippen molar-refractivity contribution in [2.24, 2.45) is 0 Å². The van der Waals surface area contributed by atoms with Crippen molar-refractivity contribution < 1.29 is 14.2 Å². The van der Waals surface area contributed by atoms with E-state index in [9.17, 15) is 0 Å². The van der Waals surface area contributed by atoms with Crippen LogP contribution in [0.4, 0.5) is 0 Å². The van der Waals surface area contributed by atoms with E-state index in [1.807, 2.05) is 12.3 Å². The maximum atomic E-state index is 5.88. The number of rotatable bonds is 5. The fraction of sp³-hybridized carbons (Fsp3) is 0.571. The largest absolute Gasteiger partial charge is 0.496 e. The molecule has 146 valence electrons. The van der Waals surface area contributed by atoms with Crippen LogP contribution in [-0.4, -0.2) is 47.9 Å². The predicted molar refractivity (Wildman–Crippen MR) is 104 cm³/mol. The number of fused-ring (bicyclic) bond motifs is 1. The summed E-state index contributed by atoms with van der Waals surface area (Å²) in [6, 6.07) is 4.07. The van der Waals surface area contributed by atoms with Gasteiger partial charge in [-0.15, -0.1) is 0 Å². The minimum absolute atomic E-state index is 0.486. The van der Waals surface area contributed by atoms with Gasteiger partial charge in [0.05, 0.1) is 20.3 Å². The lowest BCUT2D eigenvalue weighted by Crippen LogP contribution is -2.35. The van der Waals surface area contributed by atoms with Crippen LogP contribution in [0.3, 0.4) is 0 Å². The summed E-state index contributed by atoms with van der Waals surface area (Å²) in [5.41, 5.74) is 1.15. The molecule has 1 fully saturated rings. The lowest BCUT2D eigenvalue weighted by molar-refractivity contribution is 0.192. The fourth-order valence-corrected chi connectivity index (χ4v) is 4.14. The third kappa shape index (κ3) is 3.90. The van der Waals surface area contributed by atoms with E-state index in [0.717, 1.165) is 55.4 Å². The number of hydrogen-bond donors (Lipinski definition) is 0. The molecule has 2 aliphatic heterocycles. The summed E-state index contributed by atoms with van der Waals surface area (Å²) in [4.78, 5) is 7.13. The molecule has 27 heavy (non-hydrogen) atoms. The van der Waals surface area contributed by atoms with Crippen molar-refractivity contribution in [1.29, 1.82) is 0 Å². The summed E-state index contributed by atoms with van der Waals surface area (Å²) < 4.78 is 19.6. The number of likely N-dealkylation sites (tertiary alicyclic amines) is 1. The normalized spacial score (nSPS) is 20.3. The van der Waals surface area contributed by atoms with Crippen molar-refractivity contribution in [2.75, 3.05) is 33.4 Å². The van der Waals surface area contributed by atoms with E-state index in [4.69, 9.17) is 14.2 Å². The van der Waals surface area contributed by atoms with Gasteiger partial charge in [-0.1, -0.05) is 0 Å². The van der Waals surface area contributed by atoms with Crippen LogP contribution in [0.5, 0.6) is 17.2 Å². The molecule has 0 amide bonds. The Morgan fingerprint density at radius 2 is 2.00 bits per heavy atom. The predicted octanol–water partition coefficient (Wildman–Crippen LogP) is 3.45. The first kappa shape index (κ1) is 18.2. The Balaban J connectivity index is 1.52. The Hall–Kier alpha value is -2.21. The molecule has 4 rings (SSSR count). The minimum Gasteiger partial charge on any atom is -0.496 e. The molecule has 0 bridgehead atoms. The second-order valence-electron chi connectivity index (χ2n) is 7.31. The Kier molecular flexibility index (Phi) is 5.53. The Morgan fingerprint density at radius 1 is 1.19 bits per heavy atom. The number of aryl methyl sites for hydroxylation is 1. The summed E-state index contributed by atoms with van der Waals surface area (Å²) in [6.07, 6.45) is 7.30. The highest BCUT2D eigenvalue weighted by Crippen LogP contribution is 2.37. The van der Waals surface area contributed by atoms with Gasteiger partial charge in [-0.2, -0.15) is 0 Å². The molecular weight excluding hydrogens is 342 g/mol. The second kappa shape index (κ2) is 8.21. The van der Waals surface area contributed by atoms with Gasteiger partial charge in [0.25, 0.3) is 0 Å². The number of imidazole rings is 1. The molecule has 3 heterocycles. The SMILES string of the molecule is CCn1ccnc1C1CCCN(Cc2cc3c(cc2OC)OCCCO3)C1. The van der Waals surface area contributed by atoms with E-state index in [2.05, 4.69) is 33.6 Å². The topological polar surface area (TPSA) is 48.8 Å². The van der Waals surface area contributed by atoms with Crippen molar-refractivity contribution in [3.05, 3.63) is 35.9 Å². The summed E-state index contributed by atoms with van der Waals surface area (Å²) in [5.74, 6) is 4.19. The molecule has 1 aromatic heterocycles. The zero-order chi connectivity index (χ0) is 18.6. The van der Waals surface area contributed by atoms with Crippen molar-refractivity contribution in [3.63, 3.8) is 0 Å². The summed E-state index contributed by atoms with van der Waals surface area (Å²) in [7, 11) is 1.72. The minimum atomic E-state index is 0.486. The molecule has 2 aromatic rings. The van der Waals surface area contributed by atoms with Gasteiger partial charge in [0.1, 0.15) is 11.6 Å². The lowest BCUT2D eigenvalue weighted by Gasteiger charge is -2.33. The molecule has 1 saturated heterocycles. The first-order chi connectivity index (χ1) is 13.3. The van der Waals surface area contributed by atoms with Crippen LogP contribution in [0.25, 0.3) is 0 Å². The van der Waals surface area contributed by atoms with E-state index in [1.165, 1.54) is 18.7 Å². The molecule has 1 unspecified atom stereocenters. The van der Waals surface area contributed by atoms with Crippen LogP contribution in [0.2, 0.25) is 0 Å². The van der Waals surface area contributed by atoms with Crippen LogP contribution < -0.4 is 14.2 Å². The number of benzene rings is 1. The molecule has 0 aliphatic carbocycles. The van der Waals surface area contributed by atoms with Gasteiger partial charge < -0.3 is 18.8 Å². The van der Waals surface area contributed by atoms with Crippen LogP contribution >= 0.6 is 0 Å². The van der Waals surface area contributed by atoms with E-state index in [0.29, 0.717) is 19.1 Å². The lowest BCUT2D eigenvalue weighted by atomic mass is 9.96. The number of methoxy groups -OCH3 is 1. The molecule has 0 N–H and O–H groups in total. The van der Waals surface area contributed by atoms with Crippen LogP contribution in [-0.2, 0) is 13.1 Å². The highest BCUT2D eigenvalue weighted by molar-refractivity contribution is 5.51. The molecule has 0 radical (unpaired) electrons. The molecule has 1 aromatic carbocycles. The first-order valence-corrected chi connectivity index (χ1v) is 9.98. The molecule has 1 atom stereocenters.